The van der Waals surface area contributed by atoms with Gasteiger partial charge in [-0.3, -0.25) is 0 Å². The highest BCUT2D eigenvalue weighted by molar-refractivity contribution is 5.89. The van der Waals surface area contributed by atoms with Crippen LogP contribution in [0.15, 0.2) is 24.3 Å². The molecule has 1 aromatic carbocycles. The minimum absolute atomic E-state index is 0.0444. The van der Waals surface area contributed by atoms with Crippen LogP contribution in [0.3, 0.4) is 0 Å². The van der Waals surface area contributed by atoms with Crippen molar-refractivity contribution in [2.45, 2.75) is 39.5 Å². The Morgan fingerprint density at radius 2 is 1.71 bits per heavy atom. The molecule has 0 saturated carbocycles. The molecule has 0 atom stereocenters. The van der Waals surface area contributed by atoms with E-state index in [1.54, 1.807) is 16.8 Å². The molecule has 0 N–H and O–H groups in total. The number of nitrogens with zero attached hydrogens (tertiary/aromatic N) is 2. The maximum atomic E-state index is 13.1. The van der Waals surface area contributed by atoms with Crippen LogP contribution < -0.4 is 5.11 Å². The molecule has 1 heterocycles. The van der Waals surface area contributed by atoms with E-state index < -0.39 is 5.97 Å². The van der Waals surface area contributed by atoms with Crippen LogP contribution >= 0.6 is 0 Å². The number of halogens is 1. The molecular weight excluding hydrogens is 271 g/mol. The summed E-state index contributed by atoms with van der Waals surface area (Å²) in [7, 11) is 0. The van der Waals surface area contributed by atoms with Crippen molar-refractivity contribution in [1.82, 2.24) is 9.78 Å². The predicted molar refractivity (Wildman–Crippen MR) is 76.0 cm³/mol. The second kappa shape index (κ2) is 5.68. The van der Waals surface area contributed by atoms with Gasteiger partial charge in [0.25, 0.3) is 0 Å². The van der Waals surface area contributed by atoms with Crippen molar-refractivity contribution in [3.63, 3.8) is 0 Å². The van der Waals surface area contributed by atoms with Crippen molar-refractivity contribution >= 4 is 5.97 Å². The lowest BCUT2D eigenvalue weighted by atomic mass is 9.99. The minimum Gasteiger partial charge on any atom is -0.545 e. The second-order valence-electron chi connectivity index (χ2n) is 5.63. The van der Waals surface area contributed by atoms with Crippen molar-refractivity contribution in [3.8, 4) is 5.69 Å². The van der Waals surface area contributed by atoms with E-state index in [1.165, 1.54) is 12.1 Å². The topological polar surface area (TPSA) is 58.0 Å². The first-order valence-corrected chi connectivity index (χ1v) is 6.93. The van der Waals surface area contributed by atoms with Gasteiger partial charge in [0.05, 0.1) is 23.0 Å². The summed E-state index contributed by atoms with van der Waals surface area (Å²) in [6.45, 7) is 7.56. The third kappa shape index (κ3) is 2.82. The van der Waals surface area contributed by atoms with Gasteiger partial charge < -0.3 is 9.90 Å². The summed E-state index contributed by atoms with van der Waals surface area (Å²) in [5, 5.41) is 16.0. The number of aromatic carboxylic acids is 1. The highest BCUT2D eigenvalue weighted by Crippen LogP contribution is 2.29. The van der Waals surface area contributed by atoms with Crippen LogP contribution in [0.5, 0.6) is 0 Å². The van der Waals surface area contributed by atoms with E-state index in [2.05, 4.69) is 5.10 Å². The molecule has 4 nitrogen and oxygen atoms in total. The molecule has 0 bridgehead atoms. The molecular formula is C16H18FN2O2-. The van der Waals surface area contributed by atoms with Gasteiger partial charge in [-0.25, -0.2) is 9.07 Å². The van der Waals surface area contributed by atoms with E-state index in [1.807, 2.05) is 27.7 Å². The summed E-state index contributed by atoms with van der Waals surface area (Å²) >= 11 is 0. The standard InChI is InChI=1S/C16H19FN2O2/c1-9(2)14-13(16(20)21)15(10(3)4)19(18-14)12-7-5-11(17)6-8-12/h5-10H,1-4H3,(H,20,21)/p-1. The Balaban J connectivity index is 2.73. The van der Waals surface area contributed by atoms with Crippen molar-refractivity contribution < 1.29 is 14.3 Å². The summed E-state index contributed by atoms with van der Waals surface area (Å²) in [6, 6.07) is 5.82. The number of benzene rings is 1. The fourth-order valence-electron chi connectivity index (χ4n) is 2.37. The molecule has 0 aliphatic heterocycles. The number of carbonyl (C=O) groups is 1. The summed E-state index contributed by atoms with van der Waals surface area (Å²) in [6.07, 6.45) is 0. The van der Waals surface area contributed by atoms with Gasteiger partial charge in [-0.1, -0.05) is 27.7 Å². The van der Waals surface area contributed by atoms with E-state index in [-0.39, 0.29) is 23.2 Å². The van der Waals surface area contributed by atoms with Gasteiger partial charge >= 0.3 is 0 Å². The average Bonchev–Trinajstić information content (AvgIpc) is 2.80. The molecule has 5 heteroatoms. The van der Waals surface area contributed by atoms with E-state index in [0.29, 0.717) is 17.1 Å². The van der Waals surface area contributed by atoms with Crippen LogP contribution in [0.4, 0.5) is 4.39 Å². The number of aromatic nitrogens is 2. The van der Waals surface area contributed by atoms with Crippen molar-refractivity contribution in [3.05, 3.63) is 47.0 Å². The zero-order chi connectivity index (χ0) is 15.7. The maximum Gasteiger partial charge on any atom is 0.123 e. The SMILES string of the molecule is CC(C)c1nn(-c2ccc(F)cc2)c(C(C)C)c1C(=O)[O-]. The van der Waals surface area contributed by atoms with Gasteiger partial charge in [0.15, 0.2) is 0 Å². The Hall–Kier alpha value is -2.17. The Bertz CT molecular complexity index is 658. The highest BCUT2D eigenvalue weighted by Gasteiger charge is 2.23. The van der Waals surface area contributed by atoms with Crippen molar-refractivity contribution in [2.75, 3.05) is 0 Å². The number of carbonyl (C=O) groups excluding carboxylic acids is 1. The maximum absolute atomic E-state index is 13.1. The number of rotatable bonds is 4. The molecule has 2 aromatic rings. The van der Waals surface area contributed by atoms with Crippen LogP contribution in [0.1, 0.15) is 61.3 Å². The molecule has 0 unspecified atom stereocenters. The Kier molecular flexibility index (Phi) is 4.11. The van der Waals surface area contributed by atoms with Crippen LogP contribution in [0.25, 0.3) is 5.69 Å². The molecule has 0 amide bonds. The van der Waals surface area contributed by atoms with Gasteiger partial charge in [0.1, 0.15) is 5.82 Å². The first-order chi connectivity index (χ1) is 9.82. The van der Waals surface area contributed by atoms with Crippen LogP contribution in [0, 0.1) is 5.82 Å². The largest absolute Gasteiger partial charge is 0.545 e. The zero-order valence-corrected chi connectivity index (χ0v) is 12.6. The lowest BCUT2D eigenvalue weighted by molar-refractivity contribution is -0.255. The third-order valence-corrected chi connectivity index (χ3v) is 3.32. The Morgan fingerprint density at radius 1 is 1.14 bits per heavy atom. The van der Waals surface area contributed by atoms with E-state index in [4.69, 9.17) is 0 Å². The second-order valence-corrected chi connectivity index (χ2v) is 5.63. The normalized spacial score (nSPS) is 11.4. The smallest absolute Gasteiger partial charge is 0.123 e. The van der Waals surface area contributed by atoms with Gasteiger partial charge in [-0.05, 0) is 36.1 Å². The summed E-state index contributed by atoms with van der Waals surface area (Å²) < 4.78 is 14.6. The third-order valence-electron chi connectivity index (χ3n) is 3.32. The van der Waals surface area contributed by atoms with Crippen molar-refractivity contribution in [2.24, 2.45) is 0 Å². The van der Waals surface area contributed by atoms with E-state index in [9.17, 15) is 14.3 Å². The fourth-order valence-corrected chi connectivity index (χ4v) is 2.37. The van der Waals surface area contributed by atoms with Gasteiger partial charge in [-0.15, -0.1) is 0 Å². The molecule has 0 radical (unpaired) electrons. The Morgan fingerprint density at radius 3 is 2.14 bits per heavy atom. The predicted octanol–water partition coefficient (Wildman–Crippen LogP) is 2.62. The lowest BCUT2D eigenvalue weighted by Crippen LogP contribution is -2.25. The van der Waals surface area contributed by atoms with Crippen LogP contribution in [-0.4, -0.2) is 15.7 Å². The average molecular weight is 289 g/mol. The molecule has 0 aliphatic carbocycles. The van der Waals surface area contributed by atoms with Crippen LogP contribution in [-0.2, 0) is 0 Å². The summed E-state index contributed by atoms with van der Waals surface area (Å²) in [5.74, 6) is -1.67. The zero-order valence-electron chi connectivity index (χ0n) is 12.6. The summed E-state index contributed by atoms with van der Waals surface area (Å²) in [5.41, 5.74) is 1.84. The first-order valence-electron chi connectivity index (χ1n) is 6.93. The van der Waals surface area contributed by atoms with E-state index >= 15 is 0 Å². The number of carboxylic acid groups (broad SMARTS) is 1. The number of carboxylic acids is 1. The molecule has 112 valence electrons. The number of hydrogen-bond acceptors (Lipinski definition) is 3. The fraction of sp³-hybridized carbons (Fsp3) is 0.375. The van der Waals surface area contributed by atoms with Gasteiger partial charge in [0.2, 0.25) is 0 Å². The van der Waals surface area contributed by atoms with Crippen LogP contribution in [0.2, 0.25) is 0 Å². The summed E-state index contributed by atoms with van der Waals surface area (Å²) in [4.78, 5) is 11.5. The van der Waals surface area contributed by atoms with Gasteiger partial charge in [-0.2, -0.15) is 5.10 Å². The molecule has 0 spiro atoms. The molecule has 0 fully saturated rings. The van der Waals surface area contributed by atoms with E-state index in [0.717, 1.165) is 0 Å². The molecule has 2 rings (SSSR count). The molecule has 21 heavy (non-hydrogen) atoms. The minimum atomic E-state index is -1.23. The quantitative estimate of drug-likeness (QED) is 0.869. The highest BCUT2D eigenvalue weighted by atomic mass is 19.1. The molecule has 0 saturated heterocycles. The number of hydrogen-bond donors (Lipinski definition) is 0. The Labute approximate surface area is 123 Å². The lowest BCUT2D eigenvalue weighted by Gasteiger charge is -2.13. The monoisotopic (exact) mass is 289 g/mol. The van der Waals surface area contributed by atoms with Crippen molar-refractivity contribution in [1.29, 1.82) is 0 Å². The molecule has 0 aliphatic rings. The van der Waals surface area contributed by atoms with Gasteiger partial charge in [0, 0.05) is 5.56 Å². The first kappa shape index (κ1) is 15.2. The molecule has 1 aromatic heterocycles.